The van der Waals surface area contributed by atoms with Crippen molar-refractivity contribution in [3.63, 3.8) is 0 Å². The summed E-state index contributed by atoms with van der Waals surface area (Å²) in [4.78, 5) is 12.4. The molecule has 8 heteroatoms. The van der Waals surface area contributed by atoms with Gasteiger partial charge in [0.2, 0.25) is 0 Å². The van der Waals surface area contributed by atoms with E-state index in [1.807, 2.05) is 6.92 Å². The van der Waals surface area contributed by atoms with Crippen LogP contribution in [0.4, 0.5) is 13.2 Å². The third-order valence-corrected chi connectivity index (χ3v) is 4.72. The Labute approximate surface area is 177 Å². The second kappa shape index (κ2) is 9.30. The summed E-state index contributed by atoms with van der Waals surface area (Å²) in [5, 5.41) is 0.254. The van der Waals surface area contributed by atoms with Crippen molar-refractivity contribution < 1.29 is 27.4 Å². The van der Waals surface area contributed by atoms with Crippen LogP contribution in [0.2, 0.25) is 5.02 Å². The van der Waals surface area contributed by atoms with E-state index in [9.17, 15) is 18.0 Å². The molecule has 0 radical (unpaired) electrons. The second-order valence-electron chi connectivity index (χ2n) is 7.15. The van der Waals surface area contributed by atoms with Gasteiger partial charge in [-0.1, -0.05) is 24.6 Å². The van der Waals surface area contributed by atoms with Gasteiger partial charge in [-0.05, 0) is 62.4 Å². The number of ether oxygens (including phenoxy) is 2. The molecule has 3 nitrogen and oxygen atoms in total. The fourth-order valence-electron chi connectivity index (χ4n) is 2.60. The van der Waals surface area contributed by atoms with Crippen molar-refractivity contribution in [3.8, 4) is 16.9 Å². The van der Waals surface area contributed by atoms with E-state index in [0.29, 0.717) is 10.6 Å². The van der Waals surface area contributed by atoms with Crippen LogP contribution in [0.15, 0.2) is 41.3 Å². The quantitative estimate of drug-likeness (QED) is 0.358. The largest absolute Gasteiger partial charge is 0.481 e. The van der Waals surface area contributed by atoms with Crippen LogP contribution < -0.4 is 4.74 Å². The van der Waals surface area contributed by atoms with E-state index in [4.69, 9.17) is 21.1 Å². The Balaban J connectivity index is 2.44. The molecule has 2 aromatic rings. The molecule has 2 rings (SSSR count). The molecular formula is C21H22ClF3O3S. The number of rotatable bonds is 6. The normalized spacial score (nSPS) is 12.0. The molecule has 0 aliphatic heterocycles. The lowest BCUT2D eigenvalue weighted by Crippen LogP contribution is -2.27. The maximum Gasteiger partial charge on any atom is 0.417 e. The summed E-state index contributed by atoms with van der Waals surface area (Å²) in [6.07, 6.45) is -4.57. The highest BCUT2D eigenvalue weighted by Gasteiger charge is 2.34. The lowest BCUT2D eigenvalue weighted by atomic mass is 9.98. The zero-order valence-electron chi connectivity index (χ0n) is 16.5. The van der Waals surface area contributed by atoms with Crippen molar-refractivity contribution in [1.82, 2.24) is 0 Å². The molecule has 0 N–H and O–H groups in total. The molecule has 0 heterocycles. The Kier molecular flexibility index (Phi) is 7.51. The third-order valence-electron chi connectivity index (χ3n) is 3.60. The molecule has 0 bridgehead atoms. The number of carbonyl (C=O) groups is 1. The standard InChI is InChI=1S/C21H22ClF3O3S/c1-5-29-14-7-8-15(17(11-14)21(23,24)25)16-10-13(22)6-9-18(16)27-12-19(26)28-20(2,3)4/h6-11H,5,12H2,1-4H3. The van der Waals surface area contributed by atoms with Gasteiger partial charge in [0.05, 0.1) is 5.56 Å². The third kappa shape index (κ3) is 6.85. The van der Waals surface area contributed by atoms with Crippen molar-refractivity contribution in [2.75, 3.05) is 12.4 Å². The number of hydrogen-bond donors (Lipinski definition) is 0. The molecule has 0 amide bonds. The van der Waals surface area contributed by atoms with Gasteiger partial charge in [0.1, 0.15) is 11.4 Å². The minimum absolute atomic E-state index is 0.0698. The van der Waals surface area contributed by atoms with Crippen molar-refractivity contribution in [2.24, 2.45) is 0 Å². The molecule has 2 aromatic carbocycles. The van der Waals surface area contributed by atoms with Gasteiger partial charge in [-0.2, -0.15) is 13.2 Å². The average molecular weight is 447 g/mol. The van der Waals surface area contributed by atoms with E-state index < -0.39 is 29.9 Å². The monoisotopic (exact) mass is 446 g/mol. The van der Waals surface area contributed by atoms with Gasteiger partial charge in [0, 0.05) is 15.5 Å². The Morgan fingerprint density at radius 3 is 2.34 bits per heavy atom. The highest BCUT2D eigenvalue weighted by Crippen LogP contribution is 2.43. The predicted molar refractivity (Wildman–Crippen MR) is 110 cm³/mol. The zero-order valence-corrected chi connectivity index (χ0v) is 18.1. The summed E-state index contributed by atoms with van der Waals surface area (Å²) in [5.41, 5.74) is -1.40. The Bertz CT molecular complexity index is 876. The smallest absolute Gasteiger partial charge is 0.417 e. The lowest BCUT2D eigenvalue weighted by molar-refractivity contribution is -0.157. The van der Waals surface area contributed by atoms with Crippen LogP contribution in [0.1, 0.15) is 33.3 Å². The molecule has 0 aliphatic carbocycles. The van der Waals surface area contributed by atoms with Gasteiger partial charge in [-0.3, -0.25) is 0 Å². The topological polar surface area (TPSA) is 35.5 Å². The Hall–Kier alpha value is -1.86. The van der Waals surface area contributed by atoms with Crippen LogP contribution in [0.25, 0.3) is 11.1 Å². The Morgan fingerprint density at radius 2 is 1.76 bits per heavy atom. The molecule has 0 atom stereocenters. The molecule has 0 aromatic heterocycles. The van der Waals surface area contributed by atoms with E-state index in [0.717, 1.165) is 6.07 Å². The summed E-state index contributed by atoms with van der Waals surface area (Å²) in [5.74, 6) is 0.142. The first-order valence-electron chi connectivity index (χ1n) is 8.89. The molecular weight excluding hydrogens is 425 g/mol. The highest BCUT2D eigenvalue weighted by atomic mass is 35.5. The number of halogens is 4. The van der Waals surface area contributed by atoms with Crippen molar-refractivity contribution in [2.45, 2.75) is 44.4 Å². The maximum atomic E-state index is 13.7. The first kappa shape index (κ1) is 23.4. The van der Waals surface area contributed by atoms with Crippen molar-refractivity contribution >= 4 is 29.3 Å². The van der Waals surface area contributed by atoms with Crippen LogP contribution in [-0.4, -0.2) is 23.9 Å². The molecule has 0 saturated heterocycles. The van der Waals surface area contributed by atoms with Crippen LogP contribution in [0.5, 0.6) is 5.75 Å². The van der Waals surface area contributed by atoms with E-state index in [1.165, 1.54) is 36.0 Å². The van der Waals surface area contributed by atoms with Crippen LogP contribution in [0, 0.1) is 0 Å². The lowest BCUT2D eigenvalue weighted by Gasteiger charge is -2.20. The summed E-state index contributed by atoms with van der Waals surface area (Å²) in [6, 6.07) is 8.45. The first-order valence-corrected chi connectivity index (χ1v) is 10.3. The maximum absolute atomic E-state index is 13.7. The Morgan fingerprint density at radius 1 is 1.07 bits per heavy atom. The van der Waals surface area contributed by atoms with E-state index in [1.54, 1.807) is 26.8 Å². The number of esters is 1. The van der Waals surface area contributed by atoms with Crippen LogP contribution >= 0.6 is 23.4 Å². The molecule has 0 spiro atoms. The molecule has 158 valence electrons. The number of thioether (sulfide) groups is 1. The summed E-state index contributed by atoms with van der Waals surface area (Å²) < 4.78 is 51.9. The summed E-state index contributed by atoms with van der Waals surface area (Å²) >= 11 is 7.35. The van der Waals surface area contributed by atoms with Gasteiger partial charge < -0.3 is 9.47 Å². The van der Waals surface area contributed by atoms with Gasteiger partial charge >= 0.3 is 12.1 Å². The molecule has 29 heavy (non-hydrogen) atoms. The minimum Gasteiger partial charge on any atom is -0.481 e. The number of hydrogen-bond acceptors (Lipinski definition) is 4. The molecule has 0 fully saturated rings. The SMILES string of the molecule is CCSc1ccc(-c2cc(Cl)ccc2OCC(=O)OC(C)(C)C)c(C(F)(F)F)c1. The fourth-order valence-corrected chi connectivity index (χ4v) is 3.47. The number of benzene rings is 2. The fraction of sp³-hybridized carbons (Fsp3) is 0.381. The summed E-state index contributed by atoms with van der Waals surface area (Å²) in [7, 11) is 0. The van der Waals surface area contributed by atoms with Gasteiger partial charge in [0.15, 0.2) is 6.61 Å². The van der Waals surface area contributed by atoms with E-state index in [2.05, 4.69) is 0 Å². The van der Waals surface area contributed by atoms with Crippen LogP contribution in [0.3, 0.4) is 0 Å². The van der Waals surface area contributed by atoms with E-state index in [-0.39, 0.29) is 21.9 Å². The van der Waals surface area contributed by atoms with Crippen molar-refractivity contribution in [3.05, 3.63) is 47.0 Å². The minimum atomic E-state index is -4.57. The van der Waals surface area contributed by atoms with Gasteiger partial charge in [-0.25, -0.2) is 4.79 Å². The molecule has 0 saturated carbocycles. The van der Waals surface area contributed by atoms with Gasteiger partial charge in [0.25, 0.3) is 0 Å². The number of alkyl halides is 3. The average Bonchev–Trinajstić information content (AvgIpc) is 2.58. The number of carbonyl (C=O) groups excluding carboxylic acids is 1. The van der Waals surface area contributed by atoms with Crippen LogP contribution in [-0.2, 0) is 15.7 Å². The molecule has 0 aliphatic rings. The predicted octanol–water partition coefficient (Wildman–Crippen LogP) is 6.86. The molecule has 0 unspecified atom stereocenters. The first-order chi connectivity index (χ1) is 13.4. The highest BCUT2D eigenvalue weighted by molar-refractivity contribution is 7.99. The van der Waals surface area contributed by atoms with Crippen molar-refractivity contribution in [1.29, 1.82) is 0 Å². The second-order valence-corrected chi connectivity index (χ2v) is 8.93. The van der Waals surface area contributed by atoms with E-state index >= 15 is 0 Å². The summed E-state index contributed by atoms with van der Waals surface area (Å²) in [6.45, 7) is 6.57. The zero-order chi connectivity index (χ0) is 21.8. The van der Waals surface area contributed by atoms with Gasteiger partial charge in [-0.15, -0.1) is 11.8 Å².